The Labute approximate surface area is 619 Å². The summed E-state index contributed by atoms with van der Waals surface area (Å²) in [7, 11) is 16.8. The van der Waals surface area contributed by atoms with Crippen molar-refractivity contribution in [3.63, 3.8) is 0 Å². The van der Waals surface area contributed by atoms with E-state index in [9.17, 15) is 9.90 Å². The van der Waals surface area contributed by atoms with Gasteiger partial charge in [0.25, 0.3) is 0 Å². The van der Waals surface area contributed by atoms with Crippen LogP contribution in [0.1, 0.15) is 91.1 Å². The molecule has 0 radical (unpaired) electrons. The minimum atomic E-state index is -0.865. The van der Waals surface area contributed by atoms with Crippen LogP contribution in [-0.4, -0.2) is 82.0 Å². The molecule has 1 heterocycles. The highest BCUT2D eigenvalue weighted by Crippen LogP contribution is 2.53. The first-order valence-electron chi connectivity index (χ1n) is 35.7. The molecule has 4 aliphatic carbocycles. The molecule has 536 valence electrons. The van der Waals surface area contributed by atoms with E-state index in [4.69, 9.17) is 52.1 Å². The number of allylic oxidation sites excluding steroid dienone is 1. The monoisotopic (exact) mass is 1410 g/mol. The lowest BCUT2D eigenvalue weighted by Gasteiger charge is -2.38. The number of hydrogen-bond donors (Lipinski definition) is 1. The molecule has 12 aromatic carbocycles. The fourth-order valence-electron chi connectivity index (χ4n) is 15.6. The van der Waals surface area contributed by atoms with Crippen LogP contribution in [0.15, 0.2) is 224 Å². The maximum Gasteiger partial charge on any atom is 0.178 e. The number of aryl methyl sites for hydroxylation is 5. The highest BCUT2D eigenvalue weighted by molar-refractivity contribution is 6.07. The second-order valence-corrected chi connectivity index (χ2v) is 26.7. The summed E-state index contributed by atoms with van der Waals surface area (Å²) in [6, 6.07) is 71.2. The molecule has 1 atom stereocenters. The summed E-state index contributed by atoms with van der Waals surface area (Å²) in [6.45, 7) is 0. The van der Waals surface area contributed by atoms with Gasteiger partial charge in [0.15, 0.2) is 5.60 Å². The van der Waals surface area contributed by atoms with Gasteiger partial charge in [-0.15, -0.1) is 0 Å². The molecule has 17 rings (SSSR count). The SMILES string of the molecule is COc1ccc(C2(c3ccc(OC)cc3)C=Cc3c4c(c5ccc(OC)cc5c3O2)-c2ccc(OC)cc2CC4)cc1.COc1ccc(C2=CCCc3cc(OC)ccc32)cc1.COc1ccc(C2C(=O)CCc3cc(OC)ccc32)cc1.COc1ccc2c(c1)CCc1cc(O)c3cc(OC)ccc3c1-2. The zero-order valence-corrected chi connectivity index (χ0v) is 61.5. The van der Waals surface area contributed by atoms with E-state index in [2.05, 4.69) is 103 Å². The van der Waals surface area contributed by atoms with E-state index >= 15 is 0 Å². The number of rotatable bonds is 14. The number of phenolic OH excluding ortho intramolecular Hbond substituents is 1. The standard InChI is InChI=1S/C37H32O5.C20H18O3.C18H18O3.C18H18O2/c1-38-26-10-6-24(7-11-26)37(25-8-12-27(39-2)13-9-25)20-19-33-31-16-5-23-21-28(40-3)14-17-30(23)35(31)32-18-15-29(41-4)22-34(32)36(33)42-37;1-22-14-5-7-16-12(9-14)3-4-13-10-19(21)18-11-15(23-2)6-8-17(18)20(13)16;1-20-14-6-3-12(4-7-14)18-16-9-8-15(21-2)11-13(16)5-10-17(18)19;1-19-15-8-6-13(7-9-15)17-5-3-4-14-12-16(20-2)10-11-18(14)17/h6-15,17-22H,5,16H2,1-4H3;5-11,21H,3-4H2,1-2H3;3-4,6-9,11,18H,5,10H2,1-2H3;5-12H,3-4H2,1-2H3. The van der Waals surface area contributed by atoms with E-state index in [-0.39, 0.29) is 11.7 Å². The van der Waals surface area contributed by atoms with E-state index in [1.165, 1.54) is 72.3 Å². The number of ketones is 1. The van der Waals surface area contributed by atoms with Crippen molar-refractivity contribution >= 4 is 39.0 Å². The number of benzene rings is 12. The molecule has 13 nitrogen and oxygen atoms in total. The first kappa shape index (κ1) is 70.9. The van der Waals surface area contributed by atoms with Crippen LogP contribution in [-0.2, 0) is 48.9 Å². The van der Waals surface area contributed by atoms with Gasteiger partial charge in [-0.05, 0) is 285 Å². The van der Waals surface area contributed by atoms with Crippen molar-refractivity contribution < 1.29 is 62.0 Å². The van der Waals surface area contributed by atoms with Gasteiger partial charge in [0.05, 0.1) is 77.0 Å². The fourth-order valence-corrected chi connectivity index (χ4v) is 15.6. The van der Waals surface area contributed by atoms with Crippen LogP contribution in [0.4, 0.5) is 0 Å². The van der Waals surface area contributed by atoms with Gasteiger partial charge in [-0.3, -0.25) is 4.79 Å². The lowest BCUT2D eigenvalue weighted by Crippen LogP contribution is -2.34. The van der Waals surface area contributed by atoms with Gasteiger partial charge >= 0.3 is 0 Å². The normalized spacial score (nSPS) is 14.3. The van der Waals surface area contributed by atoms with Crippen LogP contribution in [0.3, 0.4) is 0 Å². The summed E-state index contributed by atoms with van der Waals surface area (Å²) < 4.78 is 61.1. The first-order chi connectivity index (χ1) is 51.8. The van der Waals surface area contributed by atoms with Gasteiger partial charge in [0, 0.05) is 33.9 Å². The molecule has 0 spiro atoms. The van der Waals surface area contributed by atoms with E-state index in [1.54, 1.807) is 71.1 Å². The molecular weight excluding hydrogens is 1330 g/mol. The number of aromatic hydroxyl groups is 1. The Hall–Kier alpha value is -12.1. The van der Waals surface area contributed by atoms with Crippen LogP contribution in [0.5, 0.6) is 69.0 Å². The maximum atomic E-state index is 12.4. The van der Waals surface area contributed by atoms with Crippen molar-refractivity contribution in [1.29, 1.82) is 0 Å². The number of fused-ring (bicyclic) bond motifs is 15. The van der Waals surface area contributed by atoms with Gasteiger partial charge in [0.2, 0.25) is 0 Å². The molecule has 0 saturated heterocycles. The average molecular weight is 1410 g/mol. The Bertz CT molecular complexity index is 5260. The number of Topliss-reactive ketones (excluding diaryl/α,β-unsaturated/α-hetero) is 1. The molecule has 0 amide bonds. The Morgan fingerprint density at radius 3 is 1.33 bits per heavy atom. The lowest BCUT2D eigenvalue weighted by molar-refractivity contribution is -0.120. The highest BCUT2D eigenvalue weighted by atomic mass is 16.5. The van der Waals surface area contributed by atoms with Gasteiger partial charge < -0.3 is 57.2 Å². The summed E-state index contributed by atoms with van der Waals surface area (Å²) >= 11 is 0. The van der Waals surface area contributed by atoms with Crippen LogP contribution in [0.25, 0.3) is 55.4 Å². The van der Waals surface area contributed by atoms with Crippen molar-refractivity contribution in [2.75, 3.05) is 71.1 Å². The molecule has 106 heavy (non-hydrogen) atoms. The van der Waals surface area contributed by atoms with E-state index in [1.807, 2.05) is 127 Å². The van der Waals surface area contributed by atoms with E-state index < -0.39 is 5.60 Å². The quantitative estimate of drug-likeness (QED) is 0.111. The lowest BCUT2D eigenvalue weighted by atomic mass is 9.77. The van der Waals surface area contributed by atoms with Gasteiger partial charge in [0.1, 0.15) is 74.8 Å². The molecular formula is C93H86O13. The van der Waals surface area contributed by atoms with Crippen molar-refractivity contribution in [2.24, 2.45) is 0 Å². The predicted octanol–water partition coefficient (Wildman–Crippen LogP) is 19.8. The number of ether oxygens (including phenoxy) is 11. The molecule has 12 aromatic rings. The van der Waals surface area contributed by atoms with Crippen molar-refractivity contribution in [3.8, 4) is 91.2 Å². The van der Waals surface area contributed by atoms with Gasteiger partial charge in [-0.1, -0.05) is 84.9 Å². The molecule has 13 heteroatoms. The Kier molecular flexibility index (Phi) is 20.8. The summed E-state index contributed by atoms with van der Waals surface area (Å²) in [6.07, 6.45) is 14.0. The molecule has 0 bridgehead atoms. The van der Waals surface area contributed by atoms with Gasteiger partial charge in [-0.25, -0.2) is 0 Å². The van der Waals surface area contributed by atoms with E-state index in [0.717, 1.165) is 158 Å². The number of phenols is 1. The molecule has 1 unspecified atom stereocenters. The summed E-state index contributed by atoms with van der Waals surface area (Å²) in [5.41, 5.74) is 20.8. The molecule has 1 aliphatic heterocycles. The third-order valence-corrected chi connectivity index (χ3v) is 21.1. The molecule has 0 aromatic heterocycles. The predicted molar refractivity (Wildman–Crippen MR) is 420 cm³/mol. The summed E-state index contributed by atoms with van der Waals surface area (Å²) in [5.74, 6) is 9.63. The van der Waals surface area contributed by atoms with Crippen molar-refractivity contribution in [1.82, 2.24) is 0 Å². The second-order valence-electron chi connectivity index (χ2n) is 26.7. The summed E-state index contributed by atoms with van der Waals surface area (Å²) in [5, 5.41) is 14.4. The zero-order valence-electron chi connectivity index (χ0n) is 61.5. The number of methoxy groups -OCH3 is 10. The van der Waals surface area contributed by atoms with Crippen molar-refractivity contribution in [3.05, 3.63) is 297 Å². The highest BCUT2D eigenvalue weighted by Gasteiger charge is 2.40. The topological polar surface area (TPSA) is 139 Å². The van der Waals surface area contributed by atoms with Crippen molar-refractivity contribution in [2.45, 2.75) is 62.9 Å². The zero-order chi connectivity index (χ0) is 73.6. The number of carbonyl (C=O) groups excluding carboxylic acids is 1. The van der Waals surface area contributed by atoms with Crippen LogP contribution in [0, 0.1) is 0 Å². The van der Waals surface area contributed by atoms with Crippen LogP contribution < -0.4 is 52.1 Å². The molecule has 0 fully saturated rings. The largest absolute Gasteiger partial charge is 0.507 e. The molecule has 0 saturated carbocycles. The summed E-state index contributed by atoms with van der Waals surface area (Å²) in [4.78, 5) is 12.4. The van der Waals surface area contributed by atoms with Crippen LogP contribution >= 0.6 is 0 Å². The molecule has 1 N–H and O–H groups in total. The minimum absolute atomic E-state index is 0.175. The van der Waals surface area contributed by atoms with E-state index in [0.29, 0.717) is 12.2 Å². The fraction of sp³-hybridized carbons (Fsp3) is 0.215. The first-order valence-corrected chi connectivity index (χ1v) is 35.7. The Morgan fingerprint density at radius 2 is 0.783 bits per heavy atom. The second kappa shape index (κ2) is 31.1. The maximum absolute atomic E-state index is 12.4. The Balaban J connectivity index is 0.000000126. The van der Waals surface area contributed by atoms with Gasteiger partial charge in [-0.2, -0.15) is 0 Å². The third kappa shape index (κ3) is 13.9. The average Bonchev–Trinajstić information content (AvgIpc) is 0.713. The minimum Gasteiger partial charge on any atom is -0.507 e. The number of carbonyl (C=O) groups is 1. The number of hydrogen-bond acceptors (Lipinski definition) is 13. The van der Waals surface area contributed by atoms with Crippen LogP contribution in [0.2, 0.25) is 0 Å². The third-order valence-electron chi connectivity index (χ3n) is 21.1. The Morgan fingerprint density at radius 1 is 0.368 bits per heavy atom. The smallest absolute Gasteiger partial charge is 0.178 e. The molecule has 5 aliphatic rings.